The number of fused-ring (bicyclic) bond motifs is 1. The number of likely N-dealkylation sites (tertiary alicyclic amines) is 1. The number of hydrogen-bond acceptors (Lipinski definition) is 14. The number of aromatic amines is 1. The molecule has 7 amide bonds. The van der Waals surface area contributed by atoms with Gasteiger partial charge in [-0.2, -0.15) is 11.8 Å². The lowest BCUT2D eigenvalue weighted by Crippen LogP contribution is -2.59. The van der Waals surface area contributed by atoms with E-state index in [-0.39, 0.29) is 63.3 Å². The lowest BCUT2D eigenvalue weighted by molar-refractivity contribution is -0.149. The summed E-state index contributed by atoms with van der Waals surface area (Å²) in [5.41, 5.74) is 9.65. The van der Waals surface area contributed by atoms with Crippen LogP contribution in [-0.2, 0) is 69.0 Å². The fraction of sp³-hybridized carbons (Fsp3) is 0.424. The van der Waals surface area contributed by atoms with E-state index < -0.39 is 96.2 Å². The van der Waals surface area contributed by atoms with Gasteiger partial charge in [-0.1, -0.05) is 74.5 Å². The molecule has 10 N–H and O–H groups in total. The highest BCUT2D eigenvalue weighted by Gasteiger charge is 2.40. The fourth-order valence-electron chi connectivity index (χ4n) is 9.42. The van der Waals surface area contributed by atoms with Crippen LogP contribution in [0.3, 0.4) is 0 Å². The number of H-pyrrole nitrogens is 1. The van der Waals surface area contributed by atoms with Gasteiger partial charge in [0.2, 0.25) is 41.4 Å². The number of nitrogens with two attached hydrogens (primary N) is 1. The number of aromatic nitrogens is 1. The predicted octanol–water partition coefficient (Wildman–Crippen LogP) is 3.34. The monoisotopic (exact) mass is 1130 g/mol. The maximum atomic E-state index is 14.7. The number of phenols is 1. The molecule has 22 heteroatoms. The fourth-order valence-corrected chi connectivity index (χ4v) is 9.89. The van der Waals surface area contributed by atoms with Crippen molar-refractivity contribution in [2.45, 2.75) is 115 Å². The second-order valence-corrected chi connectivity index (χ2v) is 21.4. The third-order valence-electron chi connectivity index (χ3n) is 13.7. The minimum absolute atomic E-state index is 0.0209. The molecular formula is C59H75N9O12S. The van der Waals surface area contributed by atoms with Crippen LogP contribution < -0.4 is 47.1 Å². The summed E-state index contributed by atoms with van der Waals surface area (Å²) in [5.74, 6) is -3.73. The van der Waals surface area contributed by atoms with Crippen molar-refractivity contribution < 1.29 is 57.7 Å². The van der Waals surface area contributed by atoms with Crippen molar-refractivity contribution >= 4 is 70.0 Å². The number of carbonyl (C=O) groups excluding carboxylic acids is 8. The molecule has 1 fully saturated rings. The van der Waals surface area contributed by atoms with Gasteiger partial charge in [-0.05, 0) is 110 Å². The molecule has 0 bridgehead atoms. The molecule has 2 heterocycles. The van der Waals surface area contributed by atoms with Crippen molar-refractivity contribution in [1.82, 2.24) is 41.8 Å². The highest BCUT2D eigenvalue weighted by atomic mass is 32.2. The zero-order valence-corrected chi connectivity index (χ0v) is 47.4. The molecule has 0 radical (unpaired) electrons. The number of hydrogen-bond donors (Lipinski definition) is 9. The number of nitrogens with zero attached hydrogens (tertiary/aromatic N) is 1. The Bertz CT molecular complexity index is 2940. The summed E-state index contributed by atoms with van der Waals surface area (Å²) in [7, 11) is 3.02. The number of thioether (sulfide) groups is 1. The third-order valence-corrected chi connectivity index (χ3v) is 14.4. The molecule has 0 spiro atoms. The van der Waals surface area contributed by atoms with Crippen LogP contribution >= 0.6 is 11.8 Å². The number of carbonyl (C=O) groups is 8. The van der Waals surface area contributed by atoms with Gasteiger partial charge in [0, 0.05) is 42.6 Å². The van der Waals surface area contributed by atoms with E-state index in [4.69, 9.17) is 19.9 Å². The van der Waals surface area contributed by atoms with Crippen LogP contribution in [-0.4, -0.2) is 144 Å². The molecule has 6 rings (SSSR count). The summed E-state index contributed by atoms with van der Waals surface area (Å²) < 4.78 is 16.6. The first-order valence-electron chi connectivity index (χ1n) is 26.9. The maximum absolute atomic E-state index is 14.7. The summed E-state index contributed by atoms with van der Waals surface area (Å²) in [6.07, 6.45) is 4.94. The van der Waals surface area contributed by atoms with Crippen LogP contribution in [0, 0.1) is 5.92 Å². The van der Waals surface area contributed by atoms with Crippen LogP contribution in [0.25, 0.3) is 10.9 Å². The number of benzene rings is 4. The number of para-hydroxylation sites is 1. The van der Waals surface area contributed by atoms with E-state index in [0.29, 0.717) is 40.4 Å². The van der Waals surface area contributed by atoms with E-state index in [1.54, 1.807) is 66.9 Å². The molecule has 434 valence electrons. The van der Waals surface area contributed by atoms with Crippen molar-refractivity contribution in [3.8, 4) is 17.2 Å². The SMILES string of the molecule is COc1cc(COC(=O)[C@H](Cc2c[nH]c3ccccc23)NC(=O)[C@H](CC(C)C)NC(=O)[C@@H]2CCCN2C(=O)[C@H](CCSC)NC(=O)[C@H](Cc2ccccc2)NC(=O)CNC(=O)[C@@H](C)NC(=O)[C@@H](N)Cc2ccc(O)cc2)cc(OC)c1. The summed E-state index contributed by atoms with van der Waals surface area (Å²) in [5, 5.41) is 26.8. The van der Waals surface area contributed by atoms with Gasteiger partial charge in [0.15, 0.2) is 0 Å². The summed E-state index contributed by atoms with van der Waals surface area (Å²) in [4.78, 5) is 116. The zero-order valence-electron chi connectivity index (χ0n) is 46.6. The van der Waals surface area contributed by atoms with Gasteiger partial charge in [0.1, 0.15) is 60.1 Å². The van der Waals surface area contributed by atoms with Gasteiger partial charge in [-0.3, -0.25) is 33.6 Å². The van der Waals surface area contributed by atoms with E-state index >= 15 is 0 Å². The number of phenolic OH excluding ortho intramolecular Hbond substituents is 1. The molecule has 1 aliphatic heterocycles. The van der Waals surface area contributed by atoms with Crippen LogP contribution in [0.5, 0.6) is 17.2 Å². The standard InChI is InChI=1S/C59H75N9O12S/c1-35(2)25-48(55(73)67-50(30-40-32-61-46-16-11-10-15-44(40)46)59(77)80-34-39-26-42(78-4)31-43(27-39)79-5)66-57(75)51-17-12-23-68(51)58(76)47(22-24-81-6)65-56(74)49(29-37-13-8-7-9-14-37)64-52(70)33-62-53(71)36(3)63-54(72)45(60)28-38-18-20-41(69)21-19-38/h7-11,13-16,18-21,26-27,31-32,35-36,45,47-51,61,69H,12,17,22-25,28-30,33-34,60H2,1-6H3,(H,62,71)(H,63,72)(H,64,70)(H,65,74)(H,66,75)(H,67,73)/t36-,45+,47+,48+,49+,50+,51+/m1/s1. The van der Waals surface area contributed by atoms with Crippen molar-refractivity contribution in [3.05, 3.63) is 126 Å². The highest BCUT2D eigenvalue weighted by Crippen LogP contribution is 2.25. The first-order chi connectivity index (χ1) is 38.8. The van der Waals surface area contributed by atoms with Crippen molar-refractivity contribution in [2.24, 2.45) is 11.7 Å². The molecule has 5 aromatic rings. The Kier molecular flexibility index (Phi) is 23.4. The van der Waals surface area contributed by atoms with Gasteiger partial charge in [0.05, 0.1) is 26.8 Å². The van der Waals surface area contributed by atoms with Crippen molar-refractivity contribution in [1.29, 1.82) is 0 Å². The first kappa shape index (κ1) is 62.1. The average molecular weight is 1130 g/mol. The molecule has 4 aromatic carbocycles. The highest BCUT2D eigenvalue weighted by molar-refractivity contribution is 7.98. The number of amides is 7. The number of methoxy groups -OCH3 is 2. The maximum Gasteiger partial charge on any atom is 0.329 e. The van der Waals surface area contributed by atoms with Gasteiger partial charge < -0.3 is 66.8 Å². The van der Waals surface area contributed by atoms with E-state index in [1.165, 1.54) is 49.9 Å². The Morgan fingerprint density at radius 2 is 1.37 bits per heavy atom. The van der Waals surface area contributed by atoms with Gasteiger partial charge in [-0.15, -0.1) is 0 Å². The normalized spacial score (nSPS) is 15.3. The molecular weight excluding hydrogens is 1060 g/mol. The Hall–Kier alpha value is -8.11. The zero-order chi connectivity index (χ0) is 58.6. The average Bonchev–Trinajstić information content (AvgIpc) is 4.18. The van der Waals surface area contributed by atoms with E-state index in [9.17, 15) is 43.5 Å². The molecule has 1 aromatic heterocycles. The Morgan fingerprint density at radius 1 is 0.716 bits per heavy atom. The van der Waals surface area contributed by atoms with Crippen LogP contribution in [0.4, 0.5) is 0 Å². The van der Waals surface area contributed by atoms with Crippen LogP contribution in [0.15, 0.2) is 103 Å². The number of aromatic hydroxyl groups is 1. The first-order valence-corrected chi connectivity index (χ1v) is 28.3. The van der Waals surface area contributed by atoms with E-state index in [0.717, 1.165) is 16.5 Å². The van der Waals surface area contributed by atoms with Crippen molar-refractivity contribution in [3.63, 3.8) is 0 Å². The van der Waals surface area contributed by atoms with Crippen molar-refractivity contribution in [2.75, 3.05) is 39.3 Å². The number of esters is 1. The number of ether oxygens (including phenoxy) is 3. The Balaban J connectivity index is 1.12. The number of nitrogens with one attached hydrogen (secondary N) is 7. The van der Waals surface area contributed by atoms with Gasteiger partial charge >= 0.3 is 5.97 Å². The lowest BCUT2D eigenvalue weighted by Gasteiger charge is -2.31. The summed E-state index contributed by atoms with van der Waals surface area (Å²) >= 11 is 1.45. The molecule has 21 nitrogen and oxygen atoms in total. The molecule has 7 atom stereocenters. The smallest absolute Gasteiger partial charge is 0.329 e. The minimum atomic E-state index is -1.22. The topological polar surface area (TPSA) is 302 Å². The van der Waals surface area contributed by atoms with Crippen LogP contribution in [0.2, 0.25) is 0 Å². The Labute approximate surface area is 475 Å². The molecule has 1 saturated heterocycles. The third kappa shape index (κ3) is 18.5. The van der Waals surface area contributed by atoms with E-state index in [2.05, 4.69) is 36.9 Å². The molecule has 0 unspecified atom stereocenters. The molecule has 0 saturated carbocycles. The van der Waals surface area contributed by atoms with Gasteiger partial charge in [-0.25, -0.2) is 4.79 Å². The quantitative estimate of drug-likeness (QED) is 0.0311. The minimum Gasteiger partial charge on any atom is -0.508 e. The number of rotatable bonds is 29. The van der Waals surface area contributed by atoms with Gasteiger partial charge in [0.25, 0.3) is 0 Å². The molecule has 81 heavy (non-hydrogen) atoms. The van der Waals surface area contributed by atoms with Crippen LogP contribution in [0.1, 0.15) is 68.7 Å². The second-order valence-electron chi connectivity index (χ2n) is 20.4. The summed E-state index contributed by atoms with van der Waals surface area (Å²) in [6, 6.07) is 20.0. The second kappa shape index (κ2) is 30.5. The predicted molar refractivity (Wildman–Crippen MR) is 307 cm³/mol. The summed E-state index contributed by atoms with van der Waals surface area (Å²) in [6.45, 7) is 4.69. The lowest BCUT2D eigenvalue weighted by atomic mass is 10.0. The largest absolute Gasteiger partial charge is 0.508 e. The van der Waals surface area contributed by atoms with E-state index in [1.807, 2.05) is 44.4 Å². The Morgan fingerprint density at radius 3 is 2.05 bits per heavy atom. The molecule has 0 aliphatic carbocycles. The molecule has 1 aliphatic rings.